The van der Waals surface area contributed by atoms with E-state index >= 15 is 0 Å². The lowest BCUT2D eigenvalue weighted by molar-refractivity contribution is 0.0664. The third-order valence-corrected chi connectivity index (χ3v) is 7.85. The molecule has 2 aromatic heterocycles. The molecule has 3 aromatic carbocycles. The average molecular weight is 561 g/mol. The van der Waals surface area contributed by atoms with Crippen molar-refractivity contribution in [3.63, 3.8) is 0 Å². The van der Waals surface area contributed by atoms with Crippen LogP contribution in [0.15, 0.2) is 79.1 Å². The van der Waals surface area contributed by atoms with E-state index in [9.17, 15) is 9.59 Å². The molecule has 2 N–H and O–H groups in total. The Hall–Kier alpha value is -5.02. The largest absolute Gasteiger partial charge is 0.497 e. The number of carbonyl (C=O) groups is 2. The minimum atomic E-state index is -0.204. The second-order valence-corrected chi connectivity index (χ2v) is 10.5. The van der Waals surface area contributed by atoms with Crippen molar-refractivity contribution in [2.75, 3.05) is 45.7 Å². The SMILES string of the molecule is COc1ccc(C(=O)Nc2cccc(-c3ncnc4[nH]c(-c5ccc(C(=O)N6CCN(C)CC6)cc5)cc34)c2C)cc1. The maximum Gasteiger partial charge on any atom is 0.255 e. The Balaban J connectivity index is 1.26. The van der Waals surface area contributed by atoms with Crippen LogP contribution in [0, 0.1) is 6.92 Å². The topological polar surface area (TPSA) is 103 Å². The van der Waals surface area contributed by atoms with Gasteiger partial charge < -0.3 is 24.8 Å². The number of rotatable bonds is 6. The van der Waals surface area contributed by atoms with E-state index in [0.29, 0.717) is 28.2 Å². The molecule has 1 saturated heterocycles. The molecule has 0 spiro atoms. The summed E-state index contributed by atoms with van der Waals surface area (Å²) in [5, 5.41) is 3.90. The summed E-state index contributed by atoms with van der Waals surface area (Å²) in [6, 6.07) is 22.5. The number of ether oxygens (including phenoxy) is 1. The molecule has 5 aromatic rings. The third kappa shape index (κ3) is 5.34. The Labute approximate surface area is 244 Å². The number of anilines is 1. The number of amides is 2. The lowest BCUT2D eigenvalue weighted by Gasteiger charge is -2.32. The van der Waals surface area contributed by atoms with Crippen LogP contribution in [0.25, 0.3) is 33.5 Å². The van der Waals surface area contributed by atoms with Gasteiger partial charge in [-0.2, -0.15) is 0 Å². The molecule has 1 aliphatic heterocycles. The van der Waals surface area contributed by atoms with Crippen molar-refractivity contribution in [3.8, 4) is 28.3 Å². The molecule has 0 saturated carbocycles. The summed E-state index contributed by atoms with van der Waals surface area (Å²) in [6.07, 6.45) is 1.54. The van der Waals surface area contributed by atoms with E-state index in [0.717, 1.165) is 59.6 Å². The van der Waals surface area contributed by atoms with Gasteiger partial charge in [-0.05, 0) is 73.6 Å². The molecule has 1 fully saturated rings. The number of methoxy groups -OCH3 is 1. The molecule has 0 radical (unpaired) electrons. The van der Waals surface area contributed by atoms with Gasteiger partial charge in [-0.25, -0.2) is 9.97 Å². The molecular weight excluding hydrogens is 528 g/mol. The highest BCUT2D eigenvalue weighted by atomic mass is 16.5. The Morgan fingerprint density at radius 2 is 1.62 bits per heavy atom. The van der Waals surface area contributed by atoms with Crippen LogP contribution in [0.1, 0.15) is 26.3 Å². The van der Waals surface area contributed by atoms with Gasteiger partial charge >= 0.3 is 0 Å². The molecular formula is C33H32N6O3. The van der Waals surface area contributed by atoms with Gasteiger partial charge in [0.2, 0.25) is 0 Å². The van der Waals surface area contributed by atoms with Crippen LogP contribution in [0.3, 0.4) is 0 Å². The summed E-state index contributed by atoms with van der Waals surface area (Å²) >= 11 is 0. The molecule has 0 unspecified atom stereocenters. The lowest BCUT2D eigenvalue weighted by atomic mass is 10.0. The van der Waals surface area contributed by atoms with Crippen molar-refractivity contribution in [2.24, 2.45) is 0 Å². The van der Waals surface area contributed by atoms with E-state index in [-0.39, 0.29) is 11.8 Å². The Morgan fingerprint density at radius 1 is 0.905 bits per heavy atom. The highest BCUT2D eigenvalue weighted by Gasteiger charge is 2.21. The van der Waals surface area contributed by atoms with Crippen LogP contribution in [0.2, 0.25) is 0 Å². The number of aromatic nitrogens is 3. The number of hydrogen-bond acceptors (Lipinski definition) is 6. The van der Waals surface area contributed by atoms with Gasteiger partial charge in [0, 0.05) is 59.6 Å². The first-order valence-electron chi connectivity index (χ1n) is 13.9. The van der Waals surface area contributed by atoms with E-state index < -0.39 is 0 Å². The molecule has 0 bridgehead atoms. The first-order chi connectivity index (χ1) is 20.4. The van der Waals surface area contributed by atoms with Crippen LogP contribution < -0.4 is 10.1 Å². The fourth-order valence-electron chi connectivity index (χ4n) is 5.26. The molecule has 0 atom stereocenters. The predicted molar refractivity (Wildman–Crippen MR) is 164 cm³/mol. The van der Waals surface area contributed by atoms with E-state index in [1.807, 2.05) is 60.4 Å². The maximum absolute atomic E-state index is 13.0. The molecule has 3 heterocycles. The number of likely N-dealkylation sites (N-methyl/N-ethyl adjacent to an activating group) is 1. The maximum atomic E-state index is 13.0. The third-order valence-electron chi connectivity index (χ3n) is 7.85. The molecule has 42 heavy (non-hydrogen) atoms. The molecule has 6 rings (SSSR count). The number of H-pyrrole nitrogens is 1. The van der Waals surface area contributed by atoms with E-state index in [1.165, 1.54) is 6.33 Å². The van der Waals surface area contributed by atoms with Gasteiger partial charge in [-0.1, -0.05) is 24.3 Å². The second-order valence-electron chi connectivity index (χ2n) is 10.5. The fourth-order valence-corrected chi connectivity index (χ4v) is 5.26. The highest BCUT2D eigenvalue weighted by molar-refractivity contribution is 6.05. The lowest BCUT2D eigenvalue weighted by Crippen LogP contribution is -2.47. The number of fused-ring (bicyclic) bond motifs is 1. The molecule has 0 aliphatic carbocycles. The normalized spacial score (nSPS) is 13.7. The second kappa shape index (κ2) is 11.5. The highest BCUT2D eigenvalue weighted by Crippen LogP contribution is 2.34. The summed E-state index contributed by atoms with van der Waals surface area (Å²) in [5.41, 5.74) is 7.03. The standard InChI is InChI=1S/C33H32N6O3/c1-21-26(5-4-6-28(21)37-32(40)23-11-13-25(42-3)14-12-23)30-27-19-29(36-31(27)35-20-34-30)22-7-9-24(10-8-22)33(41)39-17-15-38(2)16-18-39/h4-14,19-20H,15-18H2,1-3H3,(H,37,40)(H,34,35,36). The Morgan fingerprint density at radius 3 is 2.33 bits per heavy atom. The van der Waals surface area contributed by atoms with Crippen molar-refractivity contribution >= 4 is 28.5 Å². The van der Waals surface area contributed by atoms with Crippen LogP contribution >= 0.6 is 0 Å². The number of aromatic amines is 1. The minimum absolute atomic E-state index is 0.0638. The first kappa shape index (κ1) is 27.2. The predicted octanol–water partition coefficient (Wildman–Crippen LogP) is 5.25. The van der Waals surface area contributed by atoms with Gasteiger partial charge in [0.1, 0.15) is 17.7 Å². The molecule has 212 valence electrons. The average Bonchev–Trinajstić information content (AvgIpc) is 3.47. The zero-order chi connectivity index (χ0) is 29.2. The Bertz CT molecular complexity index is 1750. The number of piperazine rings is 1. The number of hydrogen-bond donors (Lipinski definition) is 2. The minimum Gasteiger partial charge on any atom is -0.497 e. The summed E-state index contributed by atoms with van der Waals surface area (Å²) in [5.74, 6) is 0.552. The molecule has 9 heteroatoms. The molecule has 2 amide bonds. The van der Waals surface area contributed by atoms with E-state index in [2.05, 4.69) is 32.2 Å². The monoisotopic (exact) mass is 560 g/mol. The fraction of sp³-hybridized carbons (Fsp3) is 0.212. The summed E-state index contributed by atoms with van der Waals surface area (Å²) in [4.78, 5) is 42.6. The van der Waals surface area contributed by atoms with Gasteiger partial charge in [0.15, 0.2) is 0 Å². The van der Waals surface area contributed by atoms with Crippen LogP contribution in [-0.4, -0.2) is 76.9 Å². The zero-order valence-electron chi connectivity index (χ0n) is 23.8. The smallest absolute Gasteiger partial charge is 0.255 e. The van der Waals surface area contributed by atoms with Crippen molar-refractivity contribution in [1.82, 2.24) is 24.8 Å². The number of benzene rings is 3. The first-order valence-corrected chi connectivity index (χ1v) is 13.9. The van der Waals surface area contributed by atoms with Crippen LogP contribution in [0.5, 0.6) is 5.75 Å². The van der Waals surface area contributed by atoms with Gasteiger partial charge in [0.05, 0.1) is 12.8 Å². The Kier molecular flexibility index (Phi) is 7.41. The van der Waals surface area contributed by atoms with Crippen LogP contribution in [0.4, 0.5) is 5.69 Å². The van der Waals surface area contributed by atoms with Crippen molar-refractivity contribution in [1.29, 1.82) is 0 Å². The van der Waals surface area contributed by atoms with E-state index in [1.54, 1.807) is 31.4 Å². The number of carbonyl (C=O) groups excluding carboxylic acids is 2. The zero-order valence-corrected chi connectivity index (χ0v) is 23.8. The van der Waals surface area contributed by atoms with Crippen molar-refractivity contribution in [2.45, 2.75) is 6.92 Å². The van der Waals surface area contributed by atoms with Gasteiger partial charge in [-0.15, -0.1) is 0 Å². The van der Waals surface area contributed by atoms with E-state index in [4.69, 9.17) is 4.74 Å². The number of nitrogens with zero attached hydrogens (tertiary/aromatic N) is 4. The van der Waals surface area contributed by atoms with Crippen LogP contribution in [-0.2, 0) is 0 Å². The van der Waals surface area contributed by atoms with Crippen molar-refractivity contribution < 1.29 is 14.3 Å². The molecule has 9 nitrogen and oxygen atoms in total. The molecule has 1 aliphatic rings. The van der Waals surface area contributed by atoms with Crippen molar-refractivity contribution in [3.05, 3.63) is 95.8 Å². The summed E-state index contributed by atoms with van der Waals surface area (Å²) in [6.45, 7) is 5.23. The quantitative estimate of drug-likeness (QED) is 0.294. The van der Waals surface area contributed by atoms with Gasteiger partial charge in [0.25, 0.3) is 11.8 Å². The summed E-state index contributed by atoms with van der Waals surface area (Å²) < 4.78 is 5.19. The van der Waals surface area contributed by atoms with Gasteiger partial charge in [-0.3, -0.25) is 9.59 Å². The number of nitrogens with one attached hydrogen (secondary N) is 2. The summed E-state index contributed by atoms with van der Waals surface area (Å²) in [7, 11) is 3.67.